The standard InChI is InChI=1S/C20H18F3N3O3S/c1-3-10-26-19(20(22)23)17(12-8-9-15(29-2)14(21)11-12)18(25-26)13-6-4-5-7-16(13)30(24,27)28/h3-11,20H,1-2H3,(H2,24,27,28). The van der Waals surface area contributed by atoms with Gasteiger partial charge in [0.1, 0.15) is 11.4 Å². The predicted octanol–water partition coefficient (Wildman–Crippen LogP) is 4.44. The number of primary sulfonamides is 1. The van der Waals surface area contributed by atoms with E-state index in [-0.39, 0.29) is 33.0 Å². The number of hydrogen-bond acceptors (Lipinski definition) is 4. The van der Waals surface area contributed by atoms with Crippen LogP contribution in [0.2, 0.25) is 0 Å². The molecule has 0 saturated heterocycles. The van der Waals surface area contributed by atoms with Gasteiger partial charge in [-0.1, -0.05) is 30.3 Å². The van der Waals surface area contributed by atoms with Gasteiger partial charge >= 0.3 is 0 Å². The van der Waals surface area contributed by atoms with Gasteiger partial charge in [-0.3, -0.25) is 0 Å². The quantitative estimate of drug-likeness (QED) is 0.618. The van der Waals surface area contributed by atoms with E-state index in [9.17, 15) is 21.6 Å². The SMILES string of the molecule is CC=Cn1nc(-c2ccccc2S(N)(=O)=O)c(-c2ccc(OC)c(F)c2)c1C(F)F. The first-order valence-electron chi connectivity index (χ1n) is 8.68. The Morgan fingerprint density at radius 1 is 1.20 bits per heavy atom. The molecule has 6 nitrogen and oxygen atoms in total. The number of rotatable bonds is 6. The average molecular weight is 437 g/mol. The van der Waals surface area contributed by atoms with Gasteiger partial charge < -0.3 is 4.74 Å². The van der Waals surface area contributed by atoms with Gasteiger partial charge in [0, 0.05) is 17.3 Å². The second-order valence-corrected chi connectivity index (χ2v) is 7.76. The predicted molar refractivity (Wildman–Crippen MR) is 107 cm³/mol. The fraction of sp³-hybridized carbons (Fsp3) is 0.150. The van der Waals surface area contributed by atoms with Crippen LogP contribution in [0.15, 0.2) is 53.4 Å². The van der Waals surface area contributed by atoms with Gasteiger partial charge in [-0.15, -0.1) is 0 Å². The van der Waals surface area contributed by atoms with Crippen molar-refractivity contribution >= 4 is 16.2 Å². The maximum atomic E-state index is 14.4. The molecule has 0 aliphatic carbocycles. The van der Waals surface area contributed by atoms with Gasteiger partial charge in [-0.25, -0.2) is 31.4 Å². The smallest absolute Gasteiger partial charge is 0.281 e. The van der Waals surface area contributed by atoms with Crippen molar-refractivity contribution in [3.63, 3.8) is 0 Å². The molecule has 158 valence electrons. The number of methoxy groups -OCH3 is 1. The van der Waals surface area contributed by atoms with E-state index in [0.717, 1.165) is 10.7 Å². The van der Waals surface area contributed by atoms with Gasteiger partial charge in [-0.05, 0) is 30.7 Å². The Labute approximate surface area is 171 Å². The maximum Gasteiger partial charge on any atom is 0.281 e. The molecule has 10 heteroatoms. The molecule has 0 aliphatic rings. The van der Waals surface area contributed by atoms with E-state index in [0.29, 0.717) is 0 Å². The van der Waals surface area contributed by atoms with Crippen molar-refractivity contribution in [2.45, 2.75) is 18.2 Å². The van der Waals surface area contributed by atoms with Crippen molar-refractivity contribution < 1.29 is 26.3 Å². The highest BCUT2D eigenvalue weighted by Gasteiger charge is 2.29. The number of sulfonamides is 1. The van der Waals surface area contributed by atoms with Crippen LogP contribution < -0.4 is 9.88 Å². The lowest BCUT2D eigenvalue weighted by Gasteiger charge is -2.11. The number of nitrogens with two attached hydrogens (primary N) is 1. The second kappa shape index (κ2) is 8.33. The van der Waals surface area contributed by atoms with Crippen LogP contribution in [-0.4, -0.2) is 25.3 Å². The number of allylic oxidation sites excluding steroid dienone is 1. The van der Waals surface area contributed by atoms with Crippen LogP contribution in [0.3, 0.4) is 0 Å². The Morgan fingerprint density at radius 2 is 1.90 bits per heavy atom. The van der Waals surface area contributed by atoms with E-state index in [1.807, 2.05) is 0 Å². The van der Waals surface area contributed by atoms with Gasteiger partial charge in [0.2, 0.25) is 10.0 Å². The molecule has 1 aromatic heterocycles. The lowest BCUT2D eigenvalue weighted by atomic mass is 9.98. The number of ether oxygens (including phenoxy) is 1. The average Bonchev–Trinajstić information content (AvgIpc) is 3.07. The third-order valence-corrected chi connectivity index (χ3v) is 5.30. The largest absolute Gasteiger partial charge is 0.494 e. The van der Waals surface area contributed by atoms with Crippen LogP contribution >= 0.6 is 0 Å². The molecule has 3 aromatic rings. The topological polar surface area (TPSA) is 87.2 Å². The molecule has 0 bridgehead atoms. The van der Waals surface area contributed by atoms with Crippen LogP contribution in [0.1, 0.15) is 19.0 Å². The van der Waals surface area contributed by atoms with E-state index in [2.05, 4.69) is 5.10 Å². The molecule has 1 heterocycles. The molecule has 2 N–H and O–H groups in total. The molecule has 30 heavy (non-hydrogen) atoms. The fourth-order valence-corrected chi connectivity index (χ4v) is 3.86. The summed E-state index contributed by atoms with van der Waals surface area (Å²) < 4.78 is 72.4. The third kappa shape index (κ3) is 3.96. The maximum absolute atomic E-state index is 14.4. The number of aromatic nitrogens is 2. The number of nitrogens with zero attached hydrogens (tertiary/aromatic N) is 2. The van der Waals surface area contributed by atoms with Gasteiger partial charge in [0.15, 0.2) is 11.6 Å². The van der Waals surface area contributed by atoms with Gasteiger partial charge in [0.25, 0.3) is 6.43 Å². The molecule has 0 unspecified atom stereocenters. The summed E-state index contributed by atoms with van der Waals surface area (Å²) in [6, 6.07) is 9.35. The van der Waals surface area contributed by atoms with E-state index in [4.69, 9.17) is 9.88 Å². The molecule has 0 spiro atoms. The Kier molecular flexibility index (Phi) is 5.99. The van der Waals surface area contributed by atoms with Gasteiger partial charge in [-0.2, -0.15) is 5.10 Å². The Balaban J connectivity index is 2.43. The molecule has 2 aromatic carbocycles. The van der Waals surface area contributed by atoms with Gasteiger partial charge in [0.05, 0.1) is 12.0 Å². The van der Waals surface area contributed by atoms with Crippen LogP contribution in [0.4, 0.5) is 13.2 Å². The highest BCUT2D eigenvalue weighted by molar-refractivity contribution is 7.89. The first-order chi connectivity index (χ1) is 14.2. The number of alkyl halides is 2. The summed E-state index contributed by atoms with van der Waals surface area (Å²) in [5.41, 5.74) is -0.592. The lowest BCUT2D eigenvalue weighted by molar-refractivity contribution is 0.144. The lowest BCUT2D eigenvalue weighted by Crippen LogP contribution is -2.13. The molecular weight excluding hydrogens is 419 g/mol. The number of hydrogen-bond donors (Lipinski definition) is 1. The summed E-state index contributed by atoms with van der Waals surface area (Å²) in [6.07, 6.45) is -0.190. The monoisotopic (exact) mass is 437 g/mol. The summed E-state index contributed by atoms with van der Waals surface area (Å²) in [5, 5.41) is 9.50. The summed E-state index contributed by atoms with van der Waals surface area (Å²) in [7, 11) is -2.91. The van der Waals surface area contributed by atoms with Crippen molar-refractivity contribution in [2.24, 2.45) is 5.14 Å². The summed E-state index contributed by atoms with van der Waals surface area (Å²) in [5.74, 6) is -0.829. The summed E-state index contributed by atoms with van der Waals surface area (Å²) in [4.78, 5) is -0.286. The van der Waals surface area contributed by atoms with Crippen LogP contribution in [0.5, 0.6) is 5.75 Å². The summed E-state index contributed by atoms with van der Waals surface area (Å²) >= 11 is 0. The zero-order valence-corrected chi connectivity index (χ0v) is 16.8. The molecule has 0 atom stereocenters. The zero-order valence-electron chi connectivity index (χ0n) is 16.0. The van der Waals surface area contributed by atoms with Crippen molar-refractivity contribution in [3.05, 3.63) is 60.1 Å². The Bertz CT molecular complexity index is 1220. The first kappa shape index (κ1) is 21.6. The Hall–Kier alpha value is -3.11. The fourth-order valence-electron chi connectivity index (χ4n) is 3.12. The zero-order chi connectivity index (χ0) is 22.1. The van der Waals surface area contributed by atoms with Crippen molar-refractivity contribution in [3.8, 4) is 28.1 Å². The molecule has 3 rings (SSSR count). The molecule has 0 aliphatic heterocycles. The van der Waals surface area contributed by atoms with E-state index < -0.39 is 28.0 Å². The van der Waals surface area contributed by atoms with Crippen molar-refractivity contribution in [1.82, 2.24) is 9.78 Å². The van der Waals surface area contributed by atoms with E-state index in [1.54, 1.807) is 6.92 Å². The molecule has 0 fully saturated rings. The van der Waals surface area contributed by atoms with Crippen LogP contribution in [0.25, 0.3) is 28.6 Å². The second-order valence-electron chi connectivity index (χ2n) is 6.23. The van der Waals surface area contributed by atoms with Crippen molar-refractivity contribution in [2.75, 3.05) is 7.11 Å². The Morgan fingerprint density at radius 3 is 2.47 bits per heavy atom. The first-order valence-corrected chi connectivity index (χ1v) is 10.2. The number of halogens is 3. The van der Waals surface area contributed by atoms with E-state index >= 15 is 0 Å². The molecule has 0 radical (unpaired) electrons. The molecular formula is C20H18F3N3O3S. The third-order valence-electron chi connectivity index (χ3n) is 4.33. The van der Waals surface area contributed by atoms with Crippen molar-refractivity contribution in [1.29, 1.82) is 0 Å². The highest BCUT2D eigenvalue weighted by Crippen LogP contribution is 2.41. The van der Waals surface area contributed by atoms with Crippen LogP contribution in [-0.2, 0) is 10.0 Å². The minimum atomic E-state index is -4.18. The number of benzene rings is 2. The van der Waals surface area contributed by atoms with E-state index in [1.165, 1.54) is 55.8 Å². The summed E-state index contributed by atoms with van der Waals surface area (Å²) in [6.45, 7) is 1.61. The molecule has 0 saturated carbocycles. The van der Waals surface area contributed by atoms with Crippen LogP contribution in [0, 0.1) is 5.82 Å². The molecule has 0 amide bonds. The minimum Gasteiger partial charge on any atom is -0.494 e. The highest BCUT2D eigenvalue weighted by atomic mass is 32.2. The normalized spacial score (nSPS) is 12.1. The minimum absolute atomic E-state index is 0.0244.